The second-order valence-corrected chi connectivity index (χ2v) is 5.93. The fourth-order valence-electron chi connectivity index (χ4n) is 3.05. The van der Waals surface area contributed by atoms with E-state index in [4.69, 9.17) is 5.11 Å². The molecule has 122 valence electrons. The van der Waals surface area contributed by atoms with Crippen LogP contribution in [0.1, 0.15) is 25.7 Å². The third-order valence-electron chi connectivity index (χ3n) is 4.51. The topological polar surface area (TPSA) is 86.7 Å². The van der Waals surface area contributed by atoms with E-state index in [9.17, 15) is 18.8 Å². The van der Waals surface area contributed by atoms with Crippen LogP contribution in [0.2, 0.25) is 0 Å². The zero-order valence-corrected chi connectivity index (χ0v) is 12.4. The standard InChI is InChI=1S/C16H17FN2O4/c17-12-8-9(3-6-13(12)19-7-1-2-14(19)20)18-15(21)10-4-5-11(10)16(22)23/h3,6,8,10-11H,1-2,4-5,7H2,(H,18,21)(H,22,23). The number of carboxylic acids is 1. The largest absolute Gasteiger partial charge is 0.481 e. The molecule has 1 saturated carbocycles. The van der Waals surface area contributed by atoms with E-state index in [1.807, 2.05) is 0 Å². The van der Waals surface area contributed by atoms with E-state index in [1.165, 1.54) is 17.0 Å². The Morgan fingerprint density at radius 1 is 1.26 bits per heavy atom. The van der Waals surface area contributed by atoms with Crippen LogP contribution in [0.3, 0.4) is 0 Å². The lowest BCUT2D eigenvalue weighted by molar-refractivity contribution is -0.151. The Bertz CT molecular complexity index is 676. The SMILES string of the molecule is O=C(O)C1CCC1C(=O)Nc1ccc(N2CCCC2=O)c(F)c1. The summed E-state index contributed by atoms with van der Waals surface area (Å²) < 4.78 is 14.2. The van der Waals surface area contributed by atoms with Crippen molar-refractivity contribution < 1.29 is 23.9 Å². The summed E-state index contributed by atoms with van der Waals surface area (Å²) in [6.07, 6.45) is 2.12. The van der Waals surface area contributed by atoms with Gasteiger partial charge < -0.3 is 15.3 Å². The summed E-state index contributed by atoms with van der Waals surface area (Å²) in [5, 5.41) is 11.5. The molecule has 1 aromatic carbocycles. The molecule has 2 fully saturated rings. The van der Waals surface area contributed by atoms with Crippen molar-refractivity contribution >= 4 is 29.2 Å². The Hall–Kier alpha value is -2.44. The van der Waals surface area contributed by atoms with E-state index in [0.717, 1.165) is 6.07 Å². The molecule has 1 saturated heterocycles. The normalized spacial score (nSPS) is 23.5. The Labute approximate surface area is 132 Å². The fraction of sp³-hybridized carbons (Fsp3) is 0.438. The van der Waals surface area contributed by atoms with Crippen LogP contribution in [0.4, 0.5) is 15.8 Å². The van der Waals surface area contributed by atoms with Gasteiger partial charge in [-0.2, -0.15) is 0 Å². The first-order chi connectivity index (χ1) is 11.0. The first kappa shape index (κ1) is 15.5. The summed E-state index contributed by atoms with van der Waals surface area (Å²) in [5.41, 5.74) is 0.469. The molecule has 0 aromatic heterocycles. The van der Waals surface area contributed by atoms with E-state index < -0.39 is 29.5 Å². The lowest BCUT2D eigenvalue weighted by Gasteiger charge is -2.31. The molecular formula is C16H17FN2O4. The predicted molar refractivity (Wildman–Crippen MR) is 80.5 cm³/mol. The zero-order valence-electron chi connectivity index (χ0n) is 12.4. The van der Waals surface area contributed by atoms with Gasteiger partial charge in [-0.15, -0.1) is 0 Å². The Kier molecular flexibility index (Phi) is 4.02. The lowest BCUT2D eigenvalue weighted by atomic mass is 9.73. The van der Waals surface area contributed by atoms with Crippen molar-refractivity contribution in [1.29, 1.82) is 0 Å². The number of anilines is 2. The smallest absolute Gasteiger partial charge is 0.307 e. The molecule has 0 bridgehead atoms. The van der Waals surface area contributed by atoms with E-state index in [0.29, 0.717) is 32.2 Å². The minimum absolute atomic E-state index is 0.112. The van der Waals surface area contributed by atoms with Gasteiger partial charge in [0, 0.05) is 18.7 Å². The van der Waals surface area contributed by atoms with Crippen molar-refractivity contribution in [3.05, 3.63) is 24.0 Å². The quantitative estimate of drug-likeness (QED) is 0.888. The van der Waals surface area contributed by atoms with Crippen molar-refractivity contribution in [1.82, 2.24) is 0 Å². The number of nitrogens with zero attached hydrogens (tertiary/aromatic N) is 1. The van der Waals surface area contributed by atoms with Gasteiger partial charge in [0.05, 0.1) is 17.5 Å². The number of benzene rings is 1. The van der Waals surface area contributed by atoms with Gasteiger partial charge in [0.25, 0.3) is 0 Å². The first-order valence-corrected chi connectivity index (χ1v) is 7.61. The molecule has 1 aromatic rings. The van der Waals surface area contributed by atoms with Crippen LogP contribution in [-0.4, -0.2) is 29.4 Å². The van der Waals surface area contributed by atoms with Gasteiger partial charge >= 0.3 is 5.97 Å². The molecule has 0 radical (unpaired) electrons. The molecule has 2 aliphatic rings. The molecule has 1 aliphatic carbocycles. The summed E-state index contributed by atoms with van der Waals surface area (Å²) in [5.74, 6) is -3.32. The number of nitrogens with one attached hydrogen (secondary N) is 1. The second-order valence-electron chi connectivity index (χ2n) is 5.93. The van der Waals surface area contributed by atoms with Gasteiger partial charge in [0.1, 0.15) is 5.82 Å². The number of carbonyl (C=O) groups excluding carboxylic acids is 2. The second kappa shape index (κ2) is 5.98. The van der Waals surface area contributed by atoms with Crippen LogP contribution in [0.5, 0.6) is 0 Å². The summed E-state index contributed by atoms with van der Waals surface area (Å²) >= 11 is 0. The van der Waals surface area contributed by atoms with Crippen molar-refractivity contribution in [3.8, 4) is 0 Å². The Morgan fingerprint density at radius 3 is 2.52 bits per heavy atom. The van der Waals surface area contributed by atoms with Crippen molar-refractivity contribution in [2.45, 2.75) is 25.7 Å². The molecule has 3 rings (SSSR count). The highest BCUT2D eigenvalue weighted by Gasteiger charge is 2.41. The molecule has 2 atom stereocenters. The molecule has 23 heavy (non-hydrogen) atoms. The van der Waals surface area contributed by atoms with Crippen molar-refractivity contribution in [3.63, 3.8) is 0 Å². The maximum Gasteiger partial charge on any atom is 0.307 e. The number of carbonyl (C=O) groups is 3. The van der Waals surface area contributed by atoms with Gasteiger partial charge in [-0.1, -0.05) is 0 Å². The fourth-order valence-corrected chi connectivity index (χ4v) is 3.05. The molecule has 1 heterocycles. The van der Waals surface area contributed by atoms with Crippen LogP contribution >= 0.6 is 0 Å². The van der Waals surface area contributed by atoms with Gasteiger partial charge in [0.2, 0.25) is 11.8 Å². The maximum absolute atomic E-state index is 14.2. The minimum atomic E-state index is -0.981. The number of hydrogen-bond acceptors (Lipinski definition) is 3. The van der Waals surface area contributed by atoms with Gasteiger partial charge in [-0.25, -0.2) is 4.39 Å². The summed E-state index contributed by atoms with van der Waals surface area (Å²) in [6, 6.07) is 4.15. The number of amides is 2. The zero-order chi connectivity index (χ0) is 16.6. The number of hydrogen-bond donors (Lipinski definition) is 2. The highest BCUT2D eigenvalue weighted by molar-refractivity contribution is 5.97. The first-order valence-electron chi connectivity index (χ1n) is 7.61. The number of rotatable bonds is 4. The van der Waals surface area contributed by atoms with Gasteiger partial charge in [-0.3, -0.25) is 14.4 Å². The molecule has 1 aliphatic heterocycles. The number of aliphatic carboxylic acids is 1. The van der Waals surface area contributed by atoms with Crippen LogP contribution < -0.4 is 10.2 Å². The average Bonchev–Trinajstić information content (AvgIpc) is 2.83. The van der Waals surface area contributed by atoms with Gasteiger partial charge in [0.15, 0.2) is 0 Å². The monoisotopic (exact) mass is 320 g/mol. The summed E-state index contributed by atoms with van der Waals surface area (Å²) in [4.78, 5) is 36.1. The minimum Gasteiger partial charge on any atom is -0.481 e. The van der Waals surface area contributed by atoms with Crippen LogP contribution in [0.25, 0.3) is 0 Å². The van der Waals surface area contributed by atoms with E-state index in [1.54, 1.807) is 0 Å². The Balaban J connectivity index is 1.70. The number of halogens is 1. The average molecular weight is 320 g/mol. The molecule has 2 amide bonds. The van der Waals surface area contributed by atoms with E-state index in [2.05, 4.69) is 5.32 Å². The van der Waals surface area contributed by atoms with Crippen molar-refractivity contribution in [2.75, 3.05) is 16.8 Å². The molecule has 6 nitrogen and oxygen atoms in total. The third kappa shape index (κ3) is 2.91. The predicted octanol–water partition coefficient (Wildman–Crippen LogP) is 2.00. The molecule has 7 heteroatoms. The lowest BCUT2D eigenvalue weighted by Crippen LogP contribution is -2.41. The van der Waals surface area contributed by atoms with Crippen molar-refractivity contribution in [2.24, 2.45) is 11.8 Å². The highest BCUT2D eigenvalue weighted by atomic mass is 19.1. The molecular weight excluding hydrogens is 303 g/mol. The van der Waals surface area contributed by atoms with E-state index in [-0.39, 0.29) is 17.3 Å². The molecule has 2 unspecified atom stereocenters. The maximum atomic E-state index is 14.2. The molecule has 2 N–H and O–H groups in total. The van der Waals surface area contributed by atoms with Crippen LogP contribution in [0, 0.1) is 17.7 Å². The van der Waals surface area contributed by atoms with Crippen LogP contribution in [0.15, 0.2) is 18.2 Å². The number of carboxylic acid groups (broad SMARTS) is 1. The van der Waals surface area contributed by atoms with E-state index >= 15 is 0 Å². The summed E-state index contributed by atoms with van der Waals surface area (Å²) in [7, 11) is 0. The molecule has 0 spiro atoms. The van der Waals surface area contributed by atoms with Crippen LogP contribution in [-0.2, 0) is 14.4 Å². The Morgan fingerprint density at radius 2 is 2.00 bits per heavy atom. The van der Waals surface area contributed by atoms with Gasteiger partial charge in [-0.05, 0) is 37.5 Å². The third-order valence-corrected chi connectivity index (χ3v) is 4.51. The summed E-state index contributed by atoms with van der Waals surface area (Å²) in [6.45, 7) is 0.490. The highest BCUT2D eigenvalue weighted by Crippen LogP contribution is 2.35.